The third kappa shape index (κ3) is 3.07. The molecule has 138 valence electrons. The van der Waals surface area contributed by atoms with Crippen molar-refractivity contribution < 1.29 is 19.1 Å². The van der Waals surface area contributed by atoms with Crippen molar-refractivity contribution in [3.63, 3.8) is 0 Å². The Morgan fingerprint density at radius 2 is 2.04 bits per heavy atom. The van der Waals surface area contributed by atoms with E-state index >= 15 is 0 Å². The van der Waals surface area contributed by atoms with E-state index in [2.05, 4.69) is 5.32 Å². The van der Waals surface area contributed by atoms with E-state index in [0.29, 0.717) is 25.3 Å². The van der Waals surface area contributed by atoms with Gasteiger partial charge < -0.3 is 19.9 Å². The number of morpholine rings is 1. The Bertz CT molecular complexity index is 746. The fourth-order valence-electron chi connectivity index (χ4n) is 3.75. The van der Waals surface area contributed by atoms with Crippen LogP contribution < -0.4 is 5.32 Å². The molecule has 1 aromatic rings. The molecule has 2 aliphatic heterocycles. The molecule has 1 N–H and O–H groups in total. The van der Waals surface area contributed by atoms with Gasteiger partial charge in [0.2, 0.25) is 11.8 Å². The van der Waals surface area contributed by atoms with E-state index in [-0.39, 0.29) is 36.4 Å². The molecule has 4 rings (SSSR count). The lowest BCUT2D eigenvalue weighted by Gasteiger charge is -2.31. The number of fused-ring (bicyclic) bond motifs is 1. The molecule has 26 heavy (non-hydrogen) atoms. The maximum atomic E-state index is 12.8. The molecule has 3 amide bonds. The molecular weight excluding hydrogens is 334 g/mol. The van der Waals surface area contributed by atoms with Crippen LogP contribution in [0.5, 0.6) is 0 Å². The minimum absolute atomic E-state index is 0.00749. The molecule has 7 heteroatoms. The van der Waals surface area contributed by atoms with Crippen molar-refractivity contribution >= 4 is 17.7 Å². The highest BCUT2D eigenvalue weighted by atomic mass is 16.5. The minimum Gasteiger partial charge on any atom is -0.375 e. The van der Waals surface area contributed by atoms with Gasteiger partial charge >= 0.3 is 0 Å². The summed E-state index contributed by atoms with van der Waals surface area (Å²) in [5.74, 6) is -0.495. The van der Waals surface area contributed by atoms with Gasteiger partial charge in [-0.2, -0.15) is 0 Å². The van der Waals surface area contributed by atoms with Crippen LogP contribution in [0.2, 0.25) is 0 Å². The van der Waals surface area contributed by atoms with Crippen LogP contribution in [0.25, 0.3) is 0 Å². The van der Waals surface area contributed by atoms with E-state index in [4.69, 9.17) is 4.74 Å². The van der Waals surface area contributed by atoms with Gasteiger partial charge in [0, 0.05) is 24.7 Å². The molecule has 2 fully saturated rings. The van der Waals surface area contributed by atoms with Crippen LogP contribution in [-0.4, -0.2) is 65.9 Å². The third-order valence-corrected chi connectivity index (χ3v) is 5.19. The molecule has 0 bridgehead atoms. The second-order valence-corrected chi connectivity index (χ2v) is 7.17. The Morgan fingerprint density at radius 1 is 1.27 bits per heavy atom. The van der Waals surface area contributed by atoms with E-state index in [1.807, 2.05) is 25.1 Å². The average Bonchev–Trinajstić information content (AvgIpc) is 3.44. The van der Waals surface area contributed by atoms with E-state index in [0.717, 1.165) is 18.4 Å². The number of nitrogens with one attached hydrogen (secondary N) is 1. The highest BCUT2D eigenvalue weighted by Crippen LogP contribution is 2.41. The van der Waals surface area contributed by atoms with Crippen LogP contribution in [-0.2, 0) is 14.3 Å². The number of hydrogen-bond acceptors (Lipinski definition) is 4. The largest absolute Gasteiger partial charge is 0.375 e. The van der Waals surface area contributed by atoms with Crippen LogP contribution in [0.3, 0.4) is 0 Å². The van der Waals surface area contributed by atoms with Crippen molar-refractivity contribution in [2.75, 3.05) is 26.2 Å². The van der Waals surface area contributed by atoms with Gasteiger partial charge in [-0.3, -0.25) is 14.4 Å². The lowest BCUT2D eigenvalue weighted by molar-refractivity contribution is -0.139. The number of hydrogen-bond donors (Lipinski definition) is 1. The van der Waals surface area contributed by atoms with Crippen LogP contribution in [0.15, 0.2) is 24.3 Å². The van der Waals surface area contributed by atoms with Crippen molar-refractivity contribution in [3.8, 4) is 0 Å². The molecule has 1 saturated carbocycles. The van der Waals surface area contributed by atoms with Crippen molar-refractivity contribution in [2.24, 2.45) is 0 Å². The van der Waals surface area contributed by atoms with Crippen molar-refractivity contribution in [1.82, 2.24) is 15.1 Å². The predicted molar refractivity (Wildman–Crippen MR) is 93.4 cm³/mol. The second-order valence-electron chi connectivity index (χ2n) is 7.17. The van der Waals surface area contributed by atoms with Gasteiger partial charge in [-0.1, -0.05) is 18.2 Å². The van der Waals surface area contributed by atoms with Crippen LogP contribution >= 0.6 is 0 Å². The zero-order valence-corrected chi connectivity index (χ0v) is 14.8. The zero-order valence-electron chi connectivity index (χ0n) is 14.8. The highest BCUT2D eigenvalue weighted by Gasteiger charge is 2.47. The number of amides is 3. The summed E-state index contributed by atoms with van der Waals surface area (Å²) in [6.07, 6.45) is 1.86. The summed E-state index contributed by atoms with van der Waals surface area (Å²) in [4.78, 5) is 41.3. The maximum absolute atomic E-state index is 12.8. The minimum atomic E-state index is -0.636. The van der Waals surface area contributed by atoms with E-state index < -0.39 is 6.04 Å². The topological polar surface area (TPSA) is 79.0 Å². The van der Waals surface area contributed by atoms with Gasteiger partial charge in [0.1, 0.15) is 6.04 Å². The third-order valence-electron chi connectivity index (χ3n) is 5.19. The van der Waals surface area contributed by atoms with Gasteiger partial charge in [-0.25, -0.2) is 0 Å². The summed E-state index contributed by atoms with van der Waals surface area (Å²) in [5, 5.41) is 2.75. The Kier molecular flexibility index (Phi) is 4.40. The standard InChI is InChI=1S/C19H23N3O4/c1-12-11-21(8-9-26-12)16(23)10-20-18(24)17-14-4-2-3-5-15(14)19(25)22(17)13-6-7-13/h2-5,12-13,17H,6-11H2,1H3,(H,20,24)/t12-,17+/m1/s1. The molecule has 0 unspecified atom stereocenters. The normalized spacial score (nSPS) is 25.2. The molecule has 2 heterocycles. The van der Waals surface area contributed by atoms with E-state index in [9.17, 15) is 14.4 Å². The van der Waals surface area contributed by atoms with E-state index in [1.54, 1.807) is 15.9 Å². The Morgan fingerprint density at radius 3 is 2.77 bits per heavy atom. The summed E-state index contributed by atoms with van der Waals surface area (Å²) in [5.41, 5.74) is 1.32. The summed E-state index contributed by atoms with van der Waals surface area (Å²) in [7, 11) is 0. The Labute approximate surface area is 152 Å². The molecule has 0 radical (unpaired) electrons. The summed E-state index contributed by atoms with van der Waals surface area (Å²) < 4.78 is 5.44. The summed E-state index contributed by atoms with van der Waals surface area (Å²) in [6.45, 7) is 3.45. The van der Waals surface area contributed by atoms with E-state index in [1.165, 1.54) is 0 Å². The maximum Gasteiger partial charge on any atom is 0.255 e. The number of ether oxygens (including phenoxy) is 1. The lowest BCUT2D eigenvalue weighted by atomic mass is 10.0. The monoisotopic (exact) mass is 357 g/mol. The zero-order chi connectivity index (χ0) is 18.3. The molecule has 2 atom stereocenters. The second kappa shape index (κ2) is 6.72. The van der Waals surface area contributed by atoms with Crippen LogP contribution in [0.4, 0.5) is 0 Å². The SMILES string of the molecule is C[C@@H]1CN(C(=O)CNC(=O)[C@@H]2c3ccccc3C(=O)N2C2CC2)CCO1. The number of carbonyl (C=O) groups excluding carboxylic acids is 3. The number of benzene rings is 1. The first-order valence-corrected chi connectivity index (χ1v) is 9.15. The smallest absolute Gasteiger partial charge is 0.255 e. The fourth-order valence-corrected chi connectivity index (χ4v) is 3.75. The number of nitrogens with zero attached hydrogens (tertiary/aromatic N) is 2. The Balaban J connectivity index is 1.45. The molecule has 0 aromatic heterocycles. The lowest BCUT2D eigenvalue weighted by Crippen LogP contribution is -2.49. The summed E-state index contributed by atoms with van der Waals surface area (Å²) in [6, 6.07) is 6.73. The molecule has 1 aliphatic carbocycles. The molecule has 1 aromatic carbocycles. The molecular formula is C19H23N3O4. The van der Waals surface area contributed by atoms with Crippen molar-refractivity contribution in [2.45, 2.75) is 38.0 Å². The van der Waals surface area contributed by atoms with Crippen LogP contribution in [0, 0.1) is 0 Å². The molecule has 1 saturated heterocycles. The van der Waals surface area contributed by atoms with Gasteiger partial charge in [0.05, 0.1) is 19.3 Å². The molecule has 7 nitrogen and oxygen atoms in total. The first-order valence-electron chi connectivity index (χ1n) is 9.15. The quantitative estimate of drug-likeness (QED) is 0.861. The number of rotatable bonds is 4. The van der Waals surface area contributed by atoms with Crippen molar-refractivity contribution in [1.29, 1.82) is 0 Å². The average molecular weight is 357 g/mol. The van der Waals surface area contributed by atoms with Crippen molar-refractivity contribution in [3.05, 3.63) is 35.4 Å². The Hall–Kier alpha value is -2.41. The van der Waals surface area contributed by atoms with Gasteiger partial charge in [0.25, 0.3) is 5.91 Å². The van der Waals surface area contributed by atoms with Gasteiger partial charge in [-0.15, -0.1) is 0 Å². The predicted octanol–water partition coefficient (Wildman–Crippen LogP) is 0.709. The highest BCUT2D eigenvalue weighted by molar-refractivity contribution is 6.05. The molecule has 3 aliphatic rings. The van der Waals surface area contributed by atoms with Crippen LogP contribution in [0.1, 0.15) is 41.7 Å². The van der Waals surface area contributed by atoms with Gasteiger partial charge in [-0.05, 0) is 31.4 Å². The fraction of sp³-hybridized carbons (Fsp3) is 0.526. The summed E-state index contributed by atoms with van der Waals surface area (Å²) >= 11 is 0. The number of carbonyl (C=O) groups is 3. The first kappa shape index (κ1) is 17.0. The molecule has 0 spiro atoms. The first-order chi connectivity index (χ1) is 12.6. The van der Waals surface area contributed by atoms with Gasteiger partial charge in [0.15, 0.2) is 0 Å².